The van der Waals surface area contributed by atoms with Crippen LogP contribution in [0, 0.1) is 12.7 Å². The molecule has 0 aliphatic carbocycles. The predicted molar refractivity (Wildman–Crippen MR) is 67.1 cm³/mol. The summed E-state index contributed by atoms with van der Waals surface area (Å²) in [6.45, 7) is 3.89. The molecule has 1 aromatic carbocycles. The van der Waals surface area contributed by atoms with Gasteiger partial charge in [0.1, 0.15) is 5.82 Å². The minimum absolute atomic E-state index is 0.00613. The first-order valence-corrected chi connectivity index (χ1v) is 6.01. The zero-order valence-electron chi connectivity index (χ0n) is 9.33. The Morgan fingerprint density at radius 3 is 2.62 bits per heavy atom. The summed E-state index contributed by atoms with van der Waals surface area (Å²) in [6.07, 6.45) is 0. The van der Waals surface area contributed by atoms with Gasteiger partial charge in [0, 0.05) is 21.4 Å². The highest BCUT2D eigenvalue weighted by molar-refractivity contribution is 7.15. The van der Waals surface area contributed by atoms with Crippen LogP contribution in [0.25, 0.3) is 10.4 Å². The Kier molecular flexibility index (Phi) is 3.08. The number of thiophene rings is 1. The molecular weight excluding hydrogens is 221 g/mol. The van der Waals surface area contributed by atoms with Crippen molar-refractivity contribution in [2.45, 2.75) is 19.9 Å². The largest absolute Gasteiger partial charge is 0.324 e. The van der Waals surface area contributed by atoms with Crippen LogP contribution in [0.3, 0.4) is 0 Å². The lowest BCUT2D eigenvalue weighted by molar-refractivity contribution is 0.631. The zero-order valence-corrected chi connectivity index (χ0v) is 10.1. The average molecular weight is 235 g/mol. The molecule has 0 saturated heterocycles. The summed E-state index contributed by atoms with van der Waals surface area (Å²) in [5.41, 5.74) is 7.52. The topological polar surface area (TPSA) is 26.0 Å². The van der Waals surface area contributed by atoms with Crippen LogP contribution in [0.5, 0.6) is 0 Å². The summed E-state index contributed by atoms with van der Waals surface area (Å²) in [5, 5.41) is 0. The fraction of sp³-hybridized carbons (Fsp3) is 0.231. The van der Waals surface area contributed by atoms with Crippen LogP contribution >= 0.6 is 11.3 Å². The Bertz CT molecular complexity index is 502. The van der Waals surface area contributed by atoms with Crippen molar-refractivity contribution in [2.75, 3.05) is 0 Å². The van der Waals surface area contributed by atoms with Gasteiger partial charge < -0.3 is 5.73 Å². The van der Waals surface area contributed by atoms with Crippen LogP contribution in [0.1, 0.15) is 23.4 Å². The predicted octanol–water partition coefficient (Wildman–Crippen LogP) is 3.88. The SMILES string of the molecule is Cc1ccc(F)c(-c2ccc(C(C)N)s2)c1. The molecule has 0 aliphatic heterocycles. The summed E-state index contributed by atoms with van der Waals surface area (Å²) in [5.74, 6) is -0.177. The van der Waals surface area contributed by atoms with Gasteiger partial charge in [-0.1, -0.05) is 11.6 Å². The lowest BCUT2D eigenvalue weighted by atomic mass is 10.1. The molecule has 1 aromatic heterocycles. The molecule has 0 bridgehead atoms. The van der Waals surface area contributed by atoms with Gasteiger partial charge in [0.05, 0.1) is 0 Å². The molecular formula is C13H14FNS. The number of hydrogen-bond acceptors (Lipinski definition) is 2. The Balaban J connectivity index is 2.46. The molecule has 2 aromatic rings. The van der Waals surface area contributed by atoms with Gasteiger partial charge in [-0.2, -0.15) is 0 Å². The van der Waals surface area contributed by atoms with Gasteiger partial charge >= 0.3 is 0 Å². The van der Waals surface area contributed by atoms with Crippen molar-refractivity contribution in [3.05, 3.63) is 46.6 Å². The van der Waals surface area contributed by atoms with E-state index in [0.29, 0.717) is 5.56 Å². The van der Waals surface area contributed by atoms with Gasteiger partial charge in [0.15, 0.2) is 0 Å². The maximum absolute atomic E-state index is 13.6. The van der Waals surface area contributed by atoms with Crippen molar-refractivity contribution in [1.29, 1.82) is 0 Å². The molecule has 1 heterocycles. The molecule has 0 aliphatic rings. The maximum atomic E-state index is 13.6. The van der Waals surface area contributed by atoms with Gasteiger partial charge in [0.2, 0.25) is 0 Å². The second-order valence-corrected chi connectivity index (χ2v) is 5.09. The molecule has 0 amide bonds. The Hall–Kier alpha value is -1.19. The molecule has 2 N–H and O–H groups in total. The third-order valence-corrected chi connectivity index (χ3v) is 3.78. The minimum atomic E-state index is -0.177. The summed E-state index contributed by atoms with van der Waals surface area (Å²) in [6, 6.07) is 9.06. The van der Waals surface area contributed by atoms with E-state index in [1.165, 1.54) is 6.07 Å². The van der Waals surface area contributed by atoms with Crippen LogP contribution in [-0.4, -0.2) is 0 Å². The highest BCUT2D eigenvalue weighted by atomic mass is 32.1. The van der Waals surface area contributed by atoms with E-state index < -0.39 is 0 Å². The van der Waals surface area contributed by atoms with E-state index in [2.05, 4.69) is 0 Å². The first-order chi connectivity index (χ1) is 7.58. The Labute approximate surface area is 98.7 Å². The van der Waals surface area contributed by atoms with E-state index in [1.54, 1.807) is 17.4 Å². The monoisotopic (exact) mass is 235 g/mol. The minimum Gasteiger partial charge on any atom is -0.324 e. The zero-order chi connectivity index (χ0) is 11.7. The number of aryl methyl sites for hydroxylation is 1. The molecule has 2 rings (SSSR count). The second-order valence-electron chi connectivity index (χ2n) is 3.97. The molecule has 0 saturated carbocycles. The lowest BCUT2D eigenvalue weighted by Gasteiger charge is -2.02. The number of nitrogens with two attached hydrogens (primary N) is 1. The summed E-state index contributed by atoms with van der Waals surface area (Å²) in [4.78, 5) is 2.02. The van der Waals surface area contributed by atoms with Gasteiger partial charge in [-0.05, 0) is 38.1 Å². The van der Waals surface area contributed by atoms with Crippen molar-refractivity contribution in [2.24, 2.45) is 5.73 Å². The normalized spacial score (nSPS) is 12.8. The first kappa shape index (κ1) is 11.3. The van der Waals surface area contributed by atoms with Crippen LogP contribution < -0.4 is 5.73 Å². The van der Waals surface area contributed by atoms with Crippen molar-refractivity contribution >= 4 is 11.3 Å². The molecule has 0 fully saturated rings. The quantitative estimate of drug-likeness (QED) is 0.839. The second kappa shape index (κ2) is 4.36. The third-order valence-electron chi connectivity index (χ3n) is 2.46. The molecule has 1 nitrogen and oxygen atoms in total. The highest BCUT2D eigenvalue weighted by Gasteiger charge is 2.09. The fourth-order valence-corrected chi connectivity index (χ4v) is 2.55. The Morgan fingerprint density at radius 1 is 1.25 bits per heavy atom. The number of halogens is 1. The molecule has 0 spiro atoms. The molecule has 1 unspecified atom stereocenters. The van der Waals surface area contributed by atoms with Crippen LogP contribution in [-0.2, 0) is 0 Å². The standard InChI is InChI=1S/C13H14FNS/c1-8-3-4-11(14)10(7-8)13-6-5-12(16-13)9(2)15/h3-7,9H,15H2,1-2H3. The van der Waals surface area contributed by atoms with Gasteiger partial charge in [-0.3, -0.25) is 0 Å². The molecule has 1 atom stereocenters. The molecule has 3 heteroatoms. The van der Waals surface area contributed by atoms with E-state index >= 15 is 0 Å². The lowest BCUT2D eigenvalue weighted by Crippen LogP contribution is -2.01. The maximum Gasteiger partial charge on any atom is 0.131 e. The summed E-state index contributed by atoms with van der Waals surface area (Å²) >= 11 is 1.55. The van der Waals surface area contributed by atoms with Gasteiger partial charge in [-0.25, -0.2) is 4.39 Å². The number of benzene rings is 1. The van der Waals surface area contributed by atoms with E-state index in [-0.39, 0.29) is 11.9 Å². The van der Waals surface area contributed by atoms with Crippen LogP contribution in [0.4, 0.5) is 4.39 Å². The third kappa shape index (κ3) is 2.15. The van der Waals surface area contributed by atoms with Gasteiger partial charge in [-0.15, -0.1) is 11.3 Å². The first-order valence-electron chi connectivity index (χ1n) is 5.20. The molecule has 0 radical (unpaired) electrons. The van der Waals surface area contributed by atoms with Gasteiger partial charge in [0.25, 0.3) is 0 Å². The van der Waals surface area contributed by atoms with Crippen LogP contribution in [0.15, 0.2) is 30.3 Å². The average Bonchev–Trinajstić information content (AvgIpc) is 2.70. The van der Waals surface area contributed by atoms with E-state index in [4.69, 9.17) is 5.73 Å². The highest BCUT2D eigenvalue weighted by Crippen LogP contribution is 2.32. The van der Waals surface area contributed by atoms with Crippen LogP contribution in [0.2, 0.25) is 0 Å². The van der Waals surface area contributed by atoms with Crippen molar-refractivity contribution in [3.63, 3.8) is 0 Å². The van der Waals surface area contributed by atoms with Crippen molar-refractivity contribution in [3.8, 4) is 10.4 Å². The number of hydrogen-bond donors (Lipinski definition) is 1. The van der Waals surface area contributed by atoms with E-state index in [9.17, 15) is 4.39 Å². The fourth-order valence-electron chi connectivity index (χ4n) is 1.57. The smallest absolute Gasteiger partial charge is 0.131 e. The van der Waals surface area contributed by atoms with E-state index in [1.807, 2.05) is 32.0 Å². The Morgan fingerprint density at radius 2 is 2.00 bits per heavy atom. The van der Waals surface area contributed by atoms with E-state index in [0.717, 1.165) is 15.3 Å². The molecule has 16 heavy (non-hydrogen) atoms. The van der Waals surface area contributed by atoms with Crippen molar-refractivity contribution in [1.82, 2.24) is 0 Å². The number of rotatable bonds is 2. The summed E-state index contributed by atoms with van der Waals surface area (Å²) in [7, 11) is 0. The van der Waals surface area contributed by atoms with Crippen molar-refractivity contribution < 1.29 is 4.39 Å². The summed E-state index contributed by atoms with van der Waals surface area (Å²) < 4.78 is 13.6. The molecule has 84 valence electrons.